The third-order valence-electron chi connectivity index (χ3n) is 4.06. The predicted molar refractivity (Wildman–Crippen MR) is 99.2 cm³/mol. The van der Waals surface area contributed by atoms with Crippen LogP contribution in [0, 0.1) is 0 Å². The Kier molecular flexibility index (Phi) is 6.21. The Balaban J connectivity index is 1.46. The lowest BCUT2D eigenvalue weighted by molar-refractivity contribution is -0.124. The average Bonchev–Trinajstić information content (AvgIpc) is 2.75. The largest absolute Gasteiger partial charge is 0.497 e. The molecule has 1 aliphatic rings. The van der Waals surface area contributed by atoms with Gasteiger partial charge in [0.2, 0.25) is 0 Å². The van der Waals surface area contributed by atoms with Crippen molar-refractivity contribution in [3.05, 3.63) is 48.0 Å². The van der Waals surface area contributed by atoms with Gasteiger partial charge in [0, 0.05) is 6.07 Å². The number of hydrogen-bond donors (Lipinski definition) is 1. The number of rotatable bonds is 7. The molecule has 8 heteroatoms. The van der Waals surface area contributed by atoms with E-state index in [1.54, 1.807) is 18.2 Å². The summed E-state index contributed by atoms with van der Waals surface area (Å²) in [6.45, 7) is 0.134. The molecule has 1 amide bonds. The maximum Gasteiger partial charge on any atom is 0.342 e. The number of ether oxygens (including phenoxy) is 5. The molecule has 0 radical (unpaired) electrons. The molecule has 3 rings (SSSR count). The molecule has 0 fully saturated rings. The second-order valence-electron chi connectivity index (χ2n) is 5.94. The first-order valence-electron chi connectivity index (χ1n) is 8.65. The zero-order chi connectivity index (χ0) is 19.9. The van der Waals surface area contributed by atoms with Gasteiger partial charge in [0.1, 0.15) is 29.8 Å². The molecule has 1 heterocycles. The number of hydrogen-bond acceptors (Lipinski definition) is 7. The number of nitrogens with one attached hydrogen (secondary N) is 1. The molecule has 0 unspecified atom stereocenters. The van der Waals surface area contributed by atoms with Crippen molar-refractivity contribution in [3.63, 3.8) is 0 Å². The number of benzene rings is 2. The minimum Gasteiger partial charge on any atom is -0.497 e. The summed E-state index contributed by atoms with van der Waals surface area (Å²) in [5, 5.41) is 2.66. The average molecular weight is 387 g/mol. The van der Waals surface area contributed by atoms with Crippen LogP contribution in [0.5, 0.6) is 23.0 Å². The maximum atomic E-state index is 12.2. The number of methoxy groups -OCH3 is 2. The molecule has 0 saturated heterocycles. The summed E-state index contributed by atoms with van der Waals surface area (Å²) in [4.78, 5) is 24.2. The maximum absolute atomic E-state index is 12.2. The quantitative estimate of drug-likeness (QED) is 0.725. The van der Waals surface area contributed by atoms with Gasteiger partial charge >= 0.3 is 5.97 Å². The van der Waals surface area contributed by atoms with Crippen molar-refractivity contribution in [2.45, 2.75) is 6.10 Å². The second kappa shape index (κ2) is 8.98. The lowest BCUT2D eigenvalue weighted by Gasteiger charge is -2.26. The first-order valence-corrected chi connectivity index (χ1v) is 8.65. The molecule has 0 saturated carbocycles. The van der Waals surface area contributed by atoms with Crippen LogP contribution >= 0.6 is 0 Å². The Morgan fingerprint density at radius 2 is 1.89 bits per heavy atom. The van der Waals surface area contributed by atoms with Crippen LogP contribution in [0.25, 0.3) is 0 Å². The van der Waals surface area contributed by atoms with Gasteiger partial charge in [0.15, 0.2) is 18.1 Å². The molecule has 8 nitrogen and oxygen atoms in total. The van der Waals surface area contributed by atoms with Gasteiger partial charge < -0.3 is 29.0 Å². The predicted octanol–water partition coefficient (Wildman–Crippen LogP) is 1.82. The third kappa shape index (κ3) is 4.64. The summed E-state index contributed by atoms with van der Waals surface area (Å²) in [5.41, 5.74) is 0.205. The molecule has 28 heavy (non-hydrogen) atoms. The van der Waals surface area contributed by atoms with Crippen LogP contribution in [0.15, 0.2) is 42.5 Å². The summed E-state index contributed by atoms with van der Waals surface area (Å²) in [6.07, 6.45) is -0.323. The zero-order valence-electron chi connectivity index (χ0n) is 15.6. The van der Waals surface area contributed by atoms with E-state index in [2.05, 4.69) is 5.32 Å². The fourth-order valence-corrected chi connectivity index (χ4v) is 2.62. The van der Waals surface area contributed by atoms with Gasteiger partial charge in [-0.05, 0) is 24.3 Å². The third-order valence-corrected chi connectivity index (χ3v) is 4.06. The molecule has 2 aromatic rings. The smallest absolute Gasteiger partial charge is 0.342 e. The van der Waals surface area contributed by atoms with E-state index in [1.165, 1.54) is 20.3 Å². The Labute approximate surface area is 162 Å². The van der Waals surface area contributed by atoms with Gasteiger partial charge in [0.05, 0.1) is 20.8 Å². The molecule has 1 atom stereocenters. The number of amides is 1. The van der Waals surface area contributed by atoms with Crippen molar-refractivity contribution in [2.24, 2.45) is 0 Å². The Morgan fingerprint density at radius 3 is 2.64 bits per heavy atom. The lowest BCUT2D eigenvalue weighted by atomic mass is 10.2. The molecule has 0 spiro atoms. The minimum atomic E-state index is -0.666. The van der Waals surface area contributed by atoms with E-state index in [0.717, 1.165) is 0 Å². The Bertz CT molecular complexity index is 852. The first kappa shape index (κ1) is 19.3. The topological polar surface area (TPSA) is 92.3 Å². The van der Waals surface area contributed by atoms with Crippen LogP contribution in [0.2, 0.25) is 0 Å². The molecule has 1 aliphatic heterocycles. The summed E-state index contributed by atoms with van der Waals surface area (Å²) < 4.78 is 26.6. The van der Waals surface area contributed by atoms with Crippen LogP contribution in [-0.4, -0.2) is 52.0 Å². The van der Waals surface area contributed by atoms with Crippen LogP contribution in [0.4, 0.5) is 0 Å². The monoisotopic (exact) mass is 387 g/mol. The summed E-state index contributed by atoms with van der Waals surface area (Å²) in [6, 6.07) is 12.0. The van der Waals surface area contributed by atoms with Gasteiger partial charge in [-0.1, -0.05) is 12.1 Å². The van der Waals surface area contributed by atoms with Crippen LogP contribution in [0.3, 0.4) is 0 Å². The van der Waals surface area contributed by atoms with Crippen LogP contribution < -0.4 is 24.3 Å². The van der Waals surface area contributed by atoms with Crippen molar-refractivity contribution >= 4 is 11.9 Å². The fraction of sp³-hybridized carbons (Fsp3) is 0.300. The highest BCUT2D eigenvalue weighted by atomic mass is 16.6. The highest BCUT2D eigenvalue weighted by Crippen LogP contribution is 2.30. The standard InChI is InChI=1S/C20H21NO7/c1-24-13-7-8-15(18(9-13)25-2)20(23)27-12-19(22)21-10-14-11-26-16-5-3-4-6-17(16)28-14/h3-9,14H,10-12H2,1-2H3,(H,21,22)/t14-/m1/s1. The van der Waals surface area contributed by atoms with Crippen molar-refractivity contribution in [1.29, 1.82) is 0 Å². The minimum absolute atomic E-state index is 0.205. The number of para-hydroxylation sites is 2. The molecule has 0 aliphatic carbocycles. The van der Waals surface area contributed by atoms with E-state index in [0.29, 0.717) is 29.6 Å². The molecular weight excluding hydrogens is 366 g/mol. The number of carbonyl (C=O) groups excluding carboxylic acids is 2. The number of fused-ring (bicyclic) bond motifs is 1. The SMILES string of the molecule is COc1ccc(C(=O)OCC(=O)NC[C@@H]2COc3ccccc3O2)c(OC)c1. The Morgan fingerprint density at radius 1 is 1.11 bits per heavy atom. The normalized spacial score (nSPS) is 14.7. The van der Waals surface area contributed by atoms with E-state index in [9.17, 15) is 9.59 Å². The molecular formula is C20H21NO7. The summed E-state index contributed by atoms with van der Waals surface area (Å²) >= 11 is 0. The van der Waals surface area contributed by atoms with Crippen molar-refractivity contribution in [3.8, 4) is 23.0 Å². The number of esters is 1. The highest BCUT2D eigenvalue weighted by Gasteiger charge is 2.21. The molecule has 148 valence electrons. The van der Waals surface area contributed by atoms with E-state index in [4.69, 9.17) is 23.7 Å². The summed E-state index contributed by atoms with van der Waals surface area (Å²) in [5.74, 6) is 1.04. The number of carbonyl (C=O) groups is 2. The molecule has 2 aromatic carbocycles. The van der Waals surface area contributed by atoms with Gasteiger partial charge in [-0.2, -0.15) is 0 Å². The van der Waals surface area contributed by atoms with Gasteiger partial charge in [-0.25, -0.2) is 4.79 Å². The second-order valence-corrected chi connectivity index (χ2v) is 5.94. The van der Waals surface area contributed by atoms with E-state index in [1.807, 2.05) is 18.2 Å². The molecule has 0 aromatic heterocycles. The fourth-order valence-electron chi connectivity index (χ4n) is 2.62. The van der Waals surface area contributed by atoms with E-state index < -0.39 is 18.5 Å². The van der Waals surface area contributed by atoms with Gasteiger partial charge in [-0.15, -0.1) is 0 Å². The van der Waals surface area contributed by atoms with Crippen molar-refractivity contribution in [2.75, 3.05) is 34.0 Å². The van der Waals surface area contributed by atoms with Crippen molar-refractivity contribution < 1.29 is 33.3 Å². The molecule has 0 bridgehead atoms. The lowest BCUT2D eigenvalue weighted by Crippen LogP contribution is -2.42. The van der Waals surface area contributed by atoms with Crippen molar-refractivity contribution in [1.82, 2.24) is 5.32 Å². The van der Waals surface area contributed by atoms with Crippen LogP contribution in [-0.2, 0) is 9.53 Å². The Hall–Kier alpha value is -3.42. The van der Waals surface area contributed by atoms with E-state index >= 15 is 0 Å². The van der Waals surface area contributed by atoms with Gasteiger partial charge in [-0.3, -0.25) is 4.79 Å². The first-order chi connectivity index (χ1) is 13.6. The van der Waals surface area contributed by atoms with Gasteiger partial charge in [0.25, 0.3) is 5.91 Å². The zero-order valence-corrected chi connectivity index (χ0v) is 15.6. The summed E-state index contributed by atoms with van der Waals surface area (Å²) in [7, 11) is 2.94. The molecule has 1 N–H and O–H groups in total. The highest BCUT2D eigenvalue weighted by molar-refractivity contribution is 5.94. The van der Waals surface area contributed by atoms with Crippen LogP contribution in [0.1, 0.15) is 10.4 Å². The van der Waals surface area contributed by atoms with E-state index in [-0.39, 0.29) is 18.2 Å².